The minimum absolute atomic E-state index is 0.0794. The van der Waals surface area contributed by atoms with Crippen molar-refractivity contribution in [3.63, 3.8) is 0 Å². The van der Waals surface area contributed by atoms with Crippen LogP contribution in [0, 0.1) is 0 Å². The molecule has 1 aromatic carbocycles. The van der Waals surface area contributed by atoms with Crippen LogP contribution in [0.4, 0.5) is 0 Å². The van der Waals surface area contributed by atoms with Gasteiger partial charge >= 0.3 is 0 Å². The van der Waals surface area contributed by atoms with Crippen molar-refractivity contribution in [1.29, 1.82) is 0 Å². The molecule has 1 aromatic heterocycles. The summed E-state index contributed by atoms with van der Waals surface area (Å²) in [6.45, 7) is 1.44. The second-order valence-corrected chi connectivity index (χ2v) is 4.83. The summed E-state index contributed by atoms with van der Waals surface area (Å²) in [6, 6.07) is 13.9. The number of benzene rings is 1. The molecule has 0 bridgehead atoms. The summed E-state index contributed by atoms with van der Waals surface area (Å²) < 4.78 is 0. The molecule has 0 spiro atoms. The predicted octanol–water partition coefficient (Wildman–Crippen LogP) is 3.01. The van der Waals surface area contributed by atoms with Crippen LogP contribution < -0.4 is 0 Å². The number of hydrogen-bond acceptors (Lipinski definition) is 2. The summed E-state index contributed by atoms with van der Waals surface area (Å²) in [5, 5.41) is 0. The molecule has 1 amide bonds. The van der Waals surface area contributed by atoms with Crippen LogP contribution in [0.3, 0.4) is 0 Å². The van der Waals surface area contributed by atoms with E-state index in [1.807, 2.05) is 23.1 Å². The number of carbonyl (C=O) groups excluding carboxylic acids is 1. The lowest BCUT2D eigenvalue weighted by molar-refractivity contribution is 0.0773. The summed E-state index contributed by atoms with van der Waals surface area (Å²) in [4.78, 5) is 18.1. The van der Waals surface area contributed by atoms with Crippen LogP contribution in [0.5, 0.6) is 0 Å². The highest BCUT2D eigenvalue weighted by Gasteiger charge is 2.18. The van der Waals surface area contributed by atoms with Crippen molar-refractivity contribution in [2.45, 2.75) is 6.42 Å². The Labute approximate surface area is 118 Å². The second-order valence-electron chi connectivity index (χ2n) is 4.83. The van der Waals surface area contributed by atoms with Crippen LogP contribution in [-0.2, 0) is 0 Å². The predicted molar refractivity (Wildman–Crippen MR) is 79.2 cm³/mol. The largest absolute Gasteiger partial charge is 0.335 e. The first-order valence-electron chi connectivity index (χ1n) is 6.78. The highest BCUT2D eigenvalue weighted by atomic mass is 16.2. The van der Waals surface area contributed by atoms with Crippen molar-refractivity contribution in [2.75, 3.05) is 13.1 Å². The Kier molecular flexibility index (Phi) is 3.59. The quantitative estimate of drug-likeness (QED) is 0.835. The molecule has 0 aliphatic carbocycles. The van der Waals surface area contributed by atoms with E-state index in [1.165, 1.54) is 11.1 Å². The standard InChI is InChI=1S/C17H16N2O/c20-17(16-6-10-18-11-7-16)19-12-8-15(9-13-19)14-4-2-1-3-5-14/h1-8,10-11H,9,12-13H2. The zero-order valence-electron chi connectivity index (χ0n) is 11.2. The Hall–Kier alpha value is -2.42. The second kappa shape index (κ2) is 5.70. The SMILES string of the molecule is O=C(c1ccncc1)N1CC=C(c2ccccc2)CC1. The molecule has 100 valence electrons. The Morgan fingerprint density at radius 3 is 2.45 bits per heavy atom. The van der Waals surface area contributed by atoms with Crippen molar-refractivity contribution < 1.29 is 4.79 Å². The van der Waals surface area contributed by atoms with Crippen LogP contribution in [0.15, 0.2) is 60.9 Å². The van der Waals surface area contributed by atoms with Gasteiger partial charge in [-0.1, -0.05) is 36.4 Å². The third kappa shape index (κ3) is 2.62. The average molecular weight is 264 g/mol. The number of amides is 1. The molecular formula is C17H16N2O. The van der Waals surface area contributed by atoms with E-state index in [0.717, 1.165) is 13.0 Å². The van der Waals surface area contributed by atoms with E-state index < -0.39 is 0 Å². The summed E-state index contributed by atoms with van der Waals surface area (Å²) >= 11 is 0. The maximum atomic E-state index is 12.3. The maximum Gasteiger partial charge on any atom is 0.254 e. The summed E-state index contributed by atoms with van der Waals surface area (Å²) in [5.41, 5.74) is 3.28. The average Bonchev–Trinajstić information content (AvgIpc) is 2.56. The lowest BCUT2D eigenvalue weighted by Crippen LogP contribution is -2.34. The third-order valence-corrected chi connectivity index (χ3v) is 3.57. The molecule has 0 saturated heterocycles. The molecule has 1 aliphatic heterocycles. The molecule has 1 aliphatic rings. The van der Waals surface area contributed by atoms with Gasteiger partial charge < -0.3 is 4.90 Å². The normalized spacial score (nSPS) is 14.8. The molecule has 20 heavy (non-hydrogen) atoms. The first-order valence-corrected chi connectivity index (χ1v) is 6.78. The molecule has 3 nitrogen and oxygen atoms in total. The molecule has 2 aromatic rings. The lowest BCUT2D eigenvalue weighted by Gasteiger charge is -2.26. The van der Waals surface area contributed by atoms with Crippen molar-refractivity contribution >= 4 is 11.5 Å². The minimum atomic E-state index is 0.0794. The molecule has 0 N–H and O–H groups in total. The summed E-state index contributed by atoms with van der Waals surface area (Å²) in [7, 11) is 0. The van der Waals surface area contributed by atoms with Crippen LogP contribution in [0.2, 0.25) is 0 Å². The molecule has 0 fully saturated rings. The van der Waals surface area contributed by atoms with Gasteiger partial charge in [0, 0.05) is 31.0 Å². The van der Waals surface area contributed by atoms with E-state index in [-0.39, 0.29) is 5.91 Å². The Bertz CT molecular complexity index is 620. The number of rotatable bonds is 2. The summed E-state index contributed by atoms with van der Waals surface area (Å²) in [6.07, 6.45) is 6.36. The van der Waals surface area contributed by atoms with Gasteiger partial charge in [-0.2, -0.15) is 0 Å². The summed E-state index contributed by atoms with van der Waals surface area (Å²) in [5.74, 6) is 0.0794. The number of hydrogen-bond donors (Lipinski definition) is 0. The van der Waals surface area contributed by atoms with Crippen molar-refractivity contribution in [1.82, 2.24) is 9.88 Å². The van der Waals surface area contributed by atoms with E-state index in [9.17, 15) is 4.79 Å². The van der Waals surface area contributed by atoms with E-state index in [4.69, 9.17) is 0 Å². The number of nitrogens with zero attached hydrogens (tertiary/aromatic N) is 2. The van der Waals surface area contributed by atoms with E-state index in [2.05, 4.69) is 23.2 Å². The van der Waals surface area contributed by atoms with Crippen LogP contribution in [0.25, 0.3) is 5.57 Å². The van der Waals surface area contributed by atoms with Gasteiger partial charge in [0.2, 0.25) is 0 Å². The van der Waals surface area contributed by atoms with Gasteiger partial charge in [0.25, 0.3) is 5.91 Å². The minimum Gasteiger partial charge on any atom is -0.335 e. The van der Waals surface area contributed by atoms with E-state index in [0.29, 0.717) is 12.1 Å². The fourth-order valence-electron chi connectivity index (χ4n) is 2.45. The van der Waals surface area contributed by atoms with Crippen LogP contribution in [-0.4, -0.2) is 28.9 Å². The van der Waals surface area contributed by atoms with Gasteiger partial charge in [0.05, 0.1) is 0 Å². The monoisotopic (exact) mass is 264 g/mol. The molecule has 0 radical (unpaired) electrons. The molecule has 2 heterocycles. The number of carbonyl (C=O) groups is 1. The van der Waals surface area contributed by atoms with Crippen molar-refractivity contribution in [3.05, 3.63) is 72.1 Å². The number of pyridine rings is 1. The van der Waals surface area contributed by atoms with Gasteiger partial charge in [0.15, 0.2) is 0 Å². The molecular weight excluding hydrogens is 248 g/mol. The van der Waals surface area contributed by atoms with E-state index in [1.54, 1.807) is 24.5 Å². The molecule has 0 saturated carbocycles. The van der Waals surface area contributed by atoms with Crippen LogP contribution in [0.1, 0.15) is 22.3 Å². The Balaban J connectivity index is 1.72. The van der Waals surface area contributed by atoms with Crippen LogP contribution >= 0.6 is 0 Å². The molecule has 0 atom stereocenters. The first-order chi connectivity index (χ1) is 9.84. The highest BCUT2D eigenvalue weighted by Crippen LogP contribution is 2.22. The fraction of sp³-hybridized carbons (Fsp3) is 0.176. The zero-order valence-corrected chi connectivity index (χ0v) is 11.2. The fourth-order valence-corrected chi connectivity index (χ4v) is 2.45. The van der Waals surface area contributed by atoms with E-state index >= 15 is 0 Å². The number of aromatic nitrogens is 1. The molecule has 3 heteroatoms. The smallest absolute Gasteiger partial charge is 0.254 e. The van der Waals surface area contributed by atoms with Gasteiger partial charge in [-0.3, -0.25) is 9.78 Å². The molecule has 0 unspecified atom stereocenters. The zero-order chi connectivity index (χ0) is 13.8. The Morgan fingerprint density at radius 2 is 1.80 bits per heavy atom. The topological polar surface area (TPSA) is 33.2 Å². The third-order valence-electron chi connectivity index (χ3n) is 3.57. The lowest BCUT2D eigenvalue weighted by atomic mass is 9.99. The first kappa shape index (κ1) is 12.6. The van der Waals surface area contributed by atoms with Crippen molar-refractivity contribution in [3.8, 4) is 0 Å². The van der Waals surface area contributed by atoms with Gasteiger partial charge in [0.1, 0.15) is 0 Å². The van der Waals surface area contributed by atoms with Crippen molar-refractivity contribution in [2.24, 2.45) is 0 Å². The highest BCUT2D eigenvalue weighted by molar-refractivity contribution is 5.94. The Morgan fingerprint density at radius 1 is 1.05 bits per heavy atom. The van der Waals surface area contributed by atoms with Gasteiger partial charge in [-0.05, 0) is 29.7 Å². The van der Waals surface area contributed by atoms with Gasteiger partial charge in [-0.15, -0.1) is 0 Å². The molecule has 3 rings (SSSR count). The van der Waals surface area contributed by atoms with Gasteiger partial charge in [-0.25, -0.2) is 0 Å². The maximum absolute atomic E-state index is 12.3.